The second-order valence-corrected chi connectivity index (χ2v) is 5.15. The van der Waals surface area contributed by atoms with Crippen molar-refractivity contribution in [3.8, 4) is 0 Å². The first-order valence-electron chi connectivity index (χ1n) is 6.25. The van der Waals surface area contributed by atoms with Gasteiger partial charge in [-0.2, -0.15) is 0 Å². The van der Waals surface area contributed by atoms with Crippen molar-refractivity contribution in [3.63, 3.8) is 0 Å². The van der Waals surface area contributed by atoms with E-state index in [1.54, 1.807) is 0 Å². The summed E-state index contributed by atoms with van der Waals surface area (Å²) in [5.74, 6) is 0.679. The highest BCUT2D eigenvalue weighted by molar-refractivity contribution is 5.21. The van der Waals surface area contributed by atoms with Crippen LogP contribution in [0, 0.1) is 5.92 Å². The molecule has 3 N–H and O–H groups in total. The van der Waals surface area contributed by atoms with Gasteiger partial charge in [0.15, 0.2) is 0 Å². The van der Waals surface area contributed by atoms with Crippen molar-refractivity contribution in [3.05, 3.63) is 35.9 Å². The molecule has 16 heavy (non-hydrogen) atoms. The molecule has 3 unspecified atom stereocenters. The van der Waals surface area contributed by atoms with Crippen LogP contribution >= 0.6 is 0 Å². The van der Waals surface area contributed by atoms with E-state index in [9.17, 15) is 0 Å². The summed E-state index contributed by atoms with van der Waals surface area (Å²) < 4.78 is 0. The zero-order valence-corrected chi connectivity index (χ0v) is 10.2. The van der Waals surface area contributed by atoms with Gasteiger partial charge in [0.2, 0.25) is 0 Å². The molecule has 2 nitrogen and oxygen atoms in total. The van der Waals surface area contributed by atoms with Crippen LogP contribution < -0.4 is 11.1 Å². The molecular weight excluding hydrogens is 196 g/mol. The van der Waals surface area contributed by atoms with E-state index < -0.39 is 0 Å². The lowest BCUT2D eigenvalue weighted by Gasteiger charge is -2.38. The van der Waals surface area contributed by atoms with Crippen LogP contribution in [0.25, 0.3) is 0 Å². The van der Waals surface area contributed by atoms with Crippen molar-refractivity contribution in [2.45, 2.75) is 44.8 Å². The molecule has 2 heteroatoms. The first-order valence-corrected chi connectivity index (χ1v) is 6.25. The van der Waals surface area contributed by atoms with E-state index in [0.717, 1.165) is 6.42 Å². The van der Waals surface area contributed by atoms with Crippen molar-refractivity contribution >= 4 is 0 Å². The topological polar surface area (TPSA) is 38.0 Å². The summed E-state index contributed by atoms with van der Waals surface area (Å²) in [7, 11) is 0. The Morgan fingerprint density at radius 1 is 1.19 bits per heavy atom. The van der Waals surface area contributed by atoms with Gasteiger partial charge in [0, 0.05) is 18.1 Å². The molecule has 1 aliphatic rings. The van der Waals surface area contributed by atoms with Crippen LogP contribution in [0.5, 0.6) is 0 Å². The highest BCUT2D eigenvalue weighted by Crippen LogP contribution is 2.27. The van der Waals surface area contributed by atoms with E-state index in [2.05, 4.69) is 49.5 Å². The summed E-state index contributed by atoms with van der Waals surface area (Å²) in [5, 5.41) is 3.69. The number of piperidine rings is 1. The van der Waals surface area contributed by atoms with Gasteiger partial charge in [-0.3, -0.25) is 0 Å². The molecule has 1 heterocycles. The fraction of sp³-hybridized carbons (Fsp3) is 0.571. The molecule has 0 bridgehead atoms. The largest absolute Gasteiger partial charge is 0.326 e. The van der Waals surface area contributed by atoms with Crippen LogP contribution in [0.3, 0.4) is 0 Å². The summed E-state index contributed by atoms with van der Waals surface area (Å²) in [6, 6.07) is 11.7. The quantitative estimate of drug-likeness (QED) is 0.800. The molecule has 1 fully saturated rings. The summed E-state index contributed by atoms with van der Waals surface area (Å²) in [4.78, 5) is 0. The Hall–Kier alpha value is -0.860. The molecule has 88 valence electrons. The highest BCUT2D eigenvalue weighted by atomic mass is 15.0. The van der Waals surface area contributed by atoms with E-state index in [0.29, 0.717) is 18.0 Å². The van der Waals surface area contributed by atoms with Gasteiger partial charge in [0.25, 0.3) is 0 Å². The lowest BCUT2D eigenvalue weighted by molar-refractivity contribution is 0.244. The molecular formula is C14H22N2. The minimum Gasteiger partial charge on any atom is -0.326 e. The average Bonchev–Trinajstić information content (AvgIpc) is 2.30. The summed E-state index contributed by atoms with van der Waals surface area (Å²) >= 11 is 0. The summed E-state index contributed by atoms with van der Waals surface area (Å²) in [6.07, 6.45) is 2.32. The van der Waals surface area contributed by atoms with Gasteiger partial charge >= 0.3 is 0 Å². The van der Waals surface area contributed by atoms with Crippen molar-refractivity contribution in [2.75, 3.05) is 0 Å². The second kappa shape index (κ2) is 4.98. The third kappa shape index (κ3) is 2.45. The van der Waals surface area contributed by atoms with Crippen molar-refractivity contribution in [2.24, 2.45) is 11.7 Å². The molecule has 0 spiro atoms. The molecule has 0 radical (unpaired) electrons. The van der Waals surface area contributed by atoms with Gasteiger partial charge in [-0.15, -0.1) is 0 Å². The van der Waals surface area contributed by atoms with E-state index in [-0.39, 0.29) is 6.04 Å². The summed E-state index contributed by atoms with van der Waals surface area (Å²) in [5.41, 5.74) is 7.53. The molecule has 0 aliphatic carbocycles. The second-order valence-electron chi connectivity index (χ2n) is 5.15. The number of benzene rings is 1. The number of nitrogens with two attached hydrogens (primary N) is 1. The van der Waals surface area contributed by atoms with E-state index >= 15 is 0 Å². The number of hydrogen-bond acceptors (Lipinski definition) is 2. The smallest absolute Gasteiger partial charge is 0.0475 e. The molecule has 0 aromatic heterocycles. The first-order chi connectivity index (χ1) is 7.68. The zero-order chi connectivity index (χ0) is 11.5. The van der Waals surface area contributed by atoms with Crippen LogP contribution in [0.15, 0.2) is 30.3 Å². The molecule has 0 saturated carbocycles. The molecule has 1 aliphatic heterocycles. The minimum absolute atomic E-state index is 0.248. The van der Waals surface area contributed by atoms with Crippen molar-refractivity contribution in [1.29, 1.82) is 0 Å². The zero-order valence-electron chi connectivity index (χ0n) is 10.2. The van der Waals surface area contributed by atoms with Gasteiger partial charge in [-0.05, 0) is 24.3 Å². The Morgan fingerprint density at radius 2 is 1.88 bits per heavy atom. The van der Waals surface area contributed by atoms with Gasteiger partial charge in [-0.25, -0.2) is 0 Å². The number of hydrogen-bond donors (Lipinski definition) is 2. The number of nitrogens with one attached hydrogen (secondary N) is 1. The third-order valence-corrected chi connectivity index (χ3v) is 3.60. The van der Waals surface area contributed by atoms with Crippen LogP contribution in [-0.4, -0.2) is 12.1 Å². The maximum atomic E-state index is 6.21. The Bertz CT molecular complexity index is 321. The van der Waals surface area contributed by atoms with Crippen molar-refractivity contribution < 1.29 is 0 Å². The molecule has 1 saturated heterocycles. The van der Waals surface area contributed by atoms with E-state index in [4.69, 9.17) is 5.73 Å². The van der Waals surface area contributed by atoms with Gasteiger partial charge in [0.1, 0.15) is 0 Å². The molecule has 2 rings (SSSR count). The number of rotatable bonds is 2. The molecule has 1 aromatic rings. The van der Waals surface area contributed by atoms with Gasteiger partial charge in [0.05, 0.1) is 0 Å². The Balaban J connectivity index is 2.13. The van der Waals surface area contributed by atoms with Crippen LogP contribution in [0.1, 0.15) is 38.3 Å². The van der Waals surface area contributed by atoms with Gasteiger partial charge < -0.3 is 11.1 Å². The summed E-state index contributed by atoms with van der Waals surface area (Å²) in [6.45, 7) is 4.55. The van der Waals surface area contributed by atoms with Gasteiger partial charge in [-0.1, -0.05) is 44.2 Å². The van der Waals surface area contributed by atoms with Crippen LogP contribution in [-0.2, 0) is 0 Å². The fourth-order valence-electron chi connectivity index (χ4n) is 2.51. The predicted molar refractivity (Wildman–Crippen MR) is 68.2 cm³/mol. The third-order valence-electron chi connectivity index (χ3n) is 3.60. The fourth-order valence-corrected chi connectivity index (χ4v) is 2.51. The van der Waals surface area contributed by atoms with Crippen molar-refractivity contribution in [1.82, 2.24) is 5.32 Å². The van der Waals surface area contributed by atoms with Crippen LogP contribution in [0.2, 0.25) is 0 Å². The van der Waals surface area contributed by atoms with E-state index in [1.807, 2.05) is 0 Å². The van der Waals surface area contributed by atoms with Crippen LogP contribution in [0.4, 0.5) is 0 Å². The minimum atomic E-state index is 0.248. The molecule has 0 amide bonds. The average molecular weight is 218 g/mol. The van der Waals surface area contributed by atoms with E-state index in [1.165, 1.54) is 12.0 Å². The highest BCUT2D eigenvalue weighted by Gasteiger charge is 2.29. The Labute approximate surface area is 98.2 Å². The monoisotopic (exact) mass is 218 g/mol. The SMILES string of the molecule is CC(C)C1CCC(N)C(c2ccccc2)N1. The standard InChI is InChI=1S/C14H22N2/c1-10(2)13-9-8-12(15)14(16-13)11-6-4-3-5-7-11/h3-7,10,12-14,16H,8-9,15H2,1-2H3. The Kier molecular flexibility index (Phi) is 3.62. The predicted octanol–water partition coefficient (Wildman–Crippen LogP) is 2.46. The lowest BCUT2D eigenvalue weighted by Crippen LogP contribution is -2.49. The Morgan fingerprint density at radius 3 is 2.50 bits per heavy atom. The molecule has 3 atom stereocenters. The molecule has 1 aromatic carbocycles. The normalized spacial score (nSPS) is 30.6. The lowest BCUT2D eigenvalue weighted by atomic mass is 9.86. The maximum absolute atomic E-state index is 6.21. The maximum Gasteiger partial charge on any atom is 0.0475 e. The first kappa shape index (κ1) is 11.6.